The molecule has 0 bridgehead atoms. The molecular weight excluding hydrogens is 382 g/mol. The van der Waals surface area contributed by atoms with Crippen LogP contribution >= 0.6 is 11.6 Å². The molecule has 2 atom stereocenters. The van der Waals surface area contributed by atoms with Crippen LogP contribution in [0.3, 0.4) is 0 Å². The van der Waals surface area contributed by atoms with Crippen molar-refractivity contribution in [1.29, 1.82) is 0 Å². The maximum Gasteiger partial charge on any atom is 0.214 e. The maximum atomic E-state index is 11.8. The highest BCUT2D eigenvalue weighted by atomic mass is 35.5. The molecule has 0 spiro atoms. The van der Waals surface area contributed by atoms with Crippen LogP contribution in [0.2, 0.25) is 5.02 Å². The molecule has 4 rings (SSSR count). The molecule has 2 unspecified atom stereocenters. The lowest BCUT2D eigenvalue weighted by Crippen LogP contribution is -2.33. The first-order valence-corrected chi connectivity index (χ1v) is 10.9. The Kier molecular flexibility index (Phi) is 8.10. The fourth-order valence-electron chi connectivity index (χ4n) is 4.17. The summed E-state index contributed by atoms with van der Waals surface area (Å²) in [5.41, 5.74) is 3.70. The average Bonchev–Trinajstić information content (AvgIpc) is 3.36. The van der Waals surface area contributed by atoms with Crippen LogP contribution in [0.5, 0.6) is 0 Å². The minimum absolute atomic E-state index is 0.488. The summed E-state index contributed by atoms with van der Waals surface area (Å²) >= 11 is 6.01. The number of hydrogen-bond acceptors (Lipinski definition) is 3. The van der Waals surface area contributed by atoms with Gasteiger partial charge < -0.3 is 15.1 Å². The number of para-hydroxylation sites is 1. The van der Waals surface area contributed by atoms with Crippen LogP contribution in [0.1, 0.15) is 42.2 Å². The van der Waals surface area contributed by atoms with E-state index in [9.17, 15) is 4.79 Å². The van der Waals surface area contributed by atoms with Crippen LogP contribution < -0.4 is 10.2 Å². The molecule has 1 aliphatic carbocycles. The Labute approximate surface area is 179 Å². The lowest BCUT2D eigenvalue weighted by molar-refractivity contribution is -0.107. The van der Waals surface area contributed by atoms with Crippen molar-refractivity contribution in [3.05, 3.63) is 64.7 Å². The summed E-state index contributed by atoms with van der Waals surface area (Å²) in [5, 5.41) is 3.53. The lowest BCUT2D eigenvalue weighted by Gasteiger charge is -2.24. The van der Waals surface area contributed by atoms with E-state index < -0.39 is 0 Å². The predicted molar refractivity (Wildman–Crippen MR) is 122 cm³/mol. The number of amides is 1. The van der Waals surface area contributed by atoms with E-state index in [0.29, 0.717) is 11.8 Å². The standard InChI is InChI=1S/C22H25ClN2O.C2H7N/c23-18-9-7-17(8-10-18)20-15-21(20)19-5-1-2-6-22(19)25(16-26)14-13-24-11-3-4-12-24;1-3-2/h1-2,5-10,16,20-21H,3-4,11-15H2;3H,1-2H3. The predicted octanol–water partition coefficient (Wildman–Crippen LogP) is 4.51. The Morgan fingerprint density at radius 1 is 1.07 bits per heavy atom. The smallest absolute Gasteiger partial charge is 0.214 e. The molecule has 2 aromatic rings. The van der Waals surface area contributed by atoms with E-state index in [2.05, 4.69) is 40.5 Å². The Hall–Kier alpha value is -1.88. The second kappa shape index (κ2) is 10.8. The normalized spacial score (nSPS) is 20.7. The fraction of sp³-hybridized carbons (Fsp3) is 0.458. The number of rotatable bonds is 7. The van der Waals surface area contributed by atoms with Crippen LogP contribution in [-0.2, 0) is 4.79 Å². The van der Waals surface area contributed by atoms with Gasteiger partial charge in [-0.25, -0.2) is 0 Å². The van der Waals surface area contributed by atoms with Gasteiger partial charge in [-0.3, -0.25) is 4.79 Å². The van der Waals surface area contributed by atoms with Gasteiger partial charge in [-0.1, -0.05) is 41.9 Å². The fourth-order valence-corrected chi connectivity index (χ4v) is 4.29. The van der Waals surface area contributed by atoms with E-state index in [1.807, 2.05) is 37.2 Å². The molecule has 29 heavy (non-hydrogen) atoms. The summed E-state index contributed by atoms with van der Waals surface area (Å²) < 4.78 is 0. The number of hydrogen-bond donors (Lipinski definition) is 1. The molecule has 0 radical (unpaired) electrons. The van der Waals surface area contributed by atoms with Crippen LogP contribution in [0.15, 0.2) is 48.5 Å². The van der Waals surface area contributed by atoms with Gasteiger partial charge in [0.1, 0.15) is 0 Å². The number of benzene rings is 2. The summed E-state index contributed by atoms with van der Waals surface area (Å²) in [6.45, 7) is 4.04. The third kappa shape index (κ3) is 5.81. The summed E-state index contributed by atoms with van der Waals surface area (Å²) in [7, 11) is 3.75. The molecule has 1 N–H and O–H groups in total. The Morgan fingerprint density at radius 2 is 1.72 bits per heavy atom. The van der Waals surface area contributed by atoms with Crippen molar-refractivity contribution in [1.82, 2.24) is 10.2 Å². The number of likely N-dealkylation sites (tertiary alicyclic amines) is 1. The first kappa shape index (κ1) is 21.8. The minimum atomic E-state index is 0.488. The number of carbonyl (C=O) groups is 1. The molecule has 4 nitrogen and oxygen atoms in total. The molecule has 1 amide bonds. The Balaban J connectivity index is 0.000000755. The number of nitrogens with one attached hydrogen (secondary N) is 1. The topological polar surface area (TPSA) is 35.6 Å². The first-order valence-electron chi connectivity index (χ1n) is 10.5. The molecule has 1 saturated carbocycles. The van der Waals surface area contributed by atoms with Gasteiger partial charge in [0.25, 0.3) is 0 Å². The highest BCUT2D eigenvalue weighted by molar-refractivity contribution is 6.30. The van der Waals surface area contributed by atoms with Crippen molar-refractivity contribution in [2.75, 3.05) is 45.2 Å². The van der Waals surface area contributed by atoms with E-state index in [0.717, 1.165) is 49.7 Å². The summed E-state index contributed by atoms with van der Waals surface area (Å²) in [5.74, 6) is 1.02. The van der Waals surface area contributed by atoms with Gasteiger partial charge in [-0.15, -0.1) is 0 Å². The summed E-state index contributed by atoms with van der Waals surface area (Å²) in [6, 6.07) is 16.6. The van der Waals surface area contributed by atoms with Crippen LogP contribution in [0.25, 0.3) is 0 Å². The highest BCUT2D eigenvalue weighted by Crippen LogP contribution is 2.56. The van der Waals surface area contributed by atoms with Gasteiger partial charge in [0.15, 0.2) is 0 Å². The molecule has 1 heterocycles. The van der Waals surface area contributed by atoms with Gasteiger partial charge in [0.2, 0.25) is 6.41 Å². The number of nitrogens with zero attached hydrogens (tertiary/aromatic N) is 2. The van der Waals surface area contributed by atoms with E-state index in [1.165, 1.54) is 24.0 Å². The summed E-state index contributed by atoms with van der Waals surface area (Å²) in [4.78, 5) is 16.1. The molecule has 1 aliphatic heterocycles. The maximum absolute atomic E-state index is 11.8. The van der Waals surface area contributed by atoms with E-state index in [4.69, 9.17) is 11.6 Å². The molecule has 1 saturated heterocycles. The molecule has 2 fully saturated rings. The van der Waals surface area contributed by atoms with Gasteiger partial charge in [-0.05, 0) is 87.6 Å². The average molecular weight is 414 g/mol. The van der Waals surface area contributed by atoms with Crippen LogP contribution in [-0.4, -0.2) is 51.6 Å². The monoisotopic (exact) mass is 413 g/mol. The summed E-state index contributed by atoms with van der Waals surface area (Å²) in [6.07, 6.45) is 4.69. The van der Waals surface area contributed by atoms with Gasteiger partial charge in [0.05, 0.1) is 0 Å². The molecule has 2 aliphatic rings. The zero-order chi connectivity index (χ0) is 20.6. The van der Waals surface area contributed by atoms with E-state index in [1.54, 1.807) is 0 Å². The van der Waals surface area contributed by atoms with Gasteiger partial charge >= 0.3 is 0 Å². The third-order valence-electron chi connectivity index (χ3n) is 5.72. The van der Waals surface area contributed by atoms with Gasteiger partial charge in [0, 0.05) is 23.8 Å². The first-order chi connectivity index (χ1) is 14.2. The lowest BCUT2D eigenvalue weighted by atomic mass is 10.0. The van der Waals surface area contributed by atoms with Crippen molar-refractivity contribution >= 4 is 23.7 Å². The zero-order valence-corrected chi connectivity index (χ0v) is 18.2. The largest absolute Gasteiger partial charge is 0.323 e. The molecule has 2 aromatic carbocycles. The Bertz CT molecular complexity index is 774. The van der Waals surface area contributed by atoms with Crippen molar-refractivity contribution in [2.45, 2.75) is 31.1 Å². The van der Waals surface area contributed by atoms with Crippen molar-refractivity contribution in [3.63, 3.8) is 0 Å². The molecule has 156 valence electrons. The second-order valence-corrected chi connectivity index (χ2v) is 8.34. The van der Waals surface area contributed by atoms with E-state index in [-0.39, 0.29) is 0 Å². The highest BCUT2D eigenvalue weighted by Gasteiger charge is 2.41. The molecule has 0 aromatic heterocycles. The minimum Gasteiger partial charge on any atom is -0.323 e. The molecule has 5 heteroatoms. The number of halogens is 1. The van der Waals surface area contributed by atoms with E-state index >= 15 is 0 Å². The second-order valence-electron chi connectivity index (χ2n) is 7.91. The third-order valence-corrected chi connectivity index (χ3v) is 5.97. The van der Waals surface area contributed by atoms with Crippen LogP contribution in [0, 0.1) is 0 Å². The quantitative estimate of drug-likeness (QED) is 0.678. The Morgan fingerprint density at radius 3 is 2.38 bits per heavy atom. The van der Waals surface area contributed by atoms with Gasteiger partial charge in [-0.2, -0.15) is 0 Å². The number of carbonyl (C=O) groups excluding carboxylic acids is 1. The SMILES string of the molecule is CNC.O=CN(CCN1CCCC1)c1ccccc1C1CC1c1ccc(Cl)cc1. The molecular formula is C24H32ClN3O. The van der Waals surface area contributed by atoms with Crippen molar-refractivity contribution < 1.29 is 4.79 Å². The van der Waals surface area contributed by atoms with Crippen molar-refractivity contribution in [3.8, 4) is 0 Å². The van der Waals surface area contributed by atoms with Crippen molar-refractivity contribution in [2.24, 2.45) is 0 Å². The van der Waals surface area contributed by atoms with Crippen LogP contribution in [0.4, 0.5) is 5.69 Å². The number of anilines is 1. The zero-order valence-electron chi connectivity index (χ0n) is 17.5.